The number of nitrogens with zero attached hydrogens (tertiary/aromatic N) is 1. The van der Waals surface area contributed by atoms with Crippen molar-refractivity contribution >= 4 is 24.2 Å². The molecule has 0 bridgehead atoms. The van der Waals surface area contributed by atoms with Crippen LogP contribution in [0.3, 0.4) is 0 Å². The summed E-state index contributed by atoms with van der Waals surface area (Å²) in [4.78, 5) is 5.56. The predicted octanol–water partition coefficient (Wildman–Crippen LogP) is 2.68. The van der Waals surface area contributed by atoms with Gasteiger partial charge >= 0.3 is 0 Å². The van der Waals surface area contributed by atoms with Gasteiger partial charge in [-0.2, -0.15) is 0 Å². The number of hydrogen-bond donors (Lipinski definition) is 5. The van der Waals surface area contributed by atoms with Crippen molar-refractivity contribution in [2.24, 2.45) is 4.99 Å². The average Bonchev–Trinajstić information content (AvgIpc) is 3.19. The Bertz CT molecular complexity index is 882. The first kappa shape index (κ1) is 17.6. The SMILES string of the molecule is CC1=CC=NC(NC2C=CC=C(C3=CNC(c4cccc(C=N)c4)S3)N2)N1. The summed E-state index contributed by atoms with van der Waals surface area (Å²) in [6, 6.07) is 8.06. The Morgan fingerprint density at radius 2 is 2.19 bits per heavy atom. The Kier molecular flexibility index (Phi) is 5.13. The van der Waals surface area contributed by atoms with E-state index in [1.54, 1.807) is 11.8 Å². The van der Waals surface area contributed by atoms with Gasteiger partial charge in [0.15, 0.2) is 6.29 Å². The molecule has 3 heterocycles. The number of hydrogen-bond acceptors (Lipinski definition) is 7. The molecule has 0 aliphatic carbocycles. The van der Waals surface area contributed by atoms with Crippen molar-refractivity contribution in [3.05, 3.63) is 82.2 Å². The molecular formula is C20H22N6S. The minimum Gasteiger partial charge on any atom is -0.374 e. The lowest BCUT2D eigenvalue weighted by molar-refractivity contribution is 0.411. The maximum atomic E-state index is 7.43. The van der Waals surface area contributed by atoms with Crippen LogP contribution >= 0.6 is 11.8 Å². The summed E-state index contributed by atoms with van der Waals surface area (Å²) in [6.07, 6.45) is 13.3. The van der Waals surface area contributed by atoms with Gasteiger partial charge in [-0.1, -0.05) is 36.0 Å². The Morgan fingerprint density at radius 1 is 1.26 bits per heavy atom. The van der Waals surface area contributed by atoms with E-state index in [-0.39, 0.29) is 17.8 Å². The van der Waals surface area contributed by atoms with E-state index in [1.165, 1.54) is 6.21 Å². The average molecular weight is 379 g/mol. The van der Waals surface area contributed by atoms with Gasteiger partial charge < -0.3 is 21.4 Å². The molecule has 0 spiro atoms. The van der Waals surface area contributed by atoms with Crippen molar-refractivity contribution < 1.29 is 0 Å². The summed E-state index contributed by atoms with van der Waals surface area (Å²) in [7, 11) is 0. The van der Waals surface area contributed by atoms with Gasteiger partial charge in [0.25, 0.3) is 0 Å². The molecule has 1 aromatic rings. The van der Waals surface area contributed by atoms with E-state index in [2.05, 4.69) is 50.6 Å². The first-order valence-corrected chi connectivity index (χ1v) is 9.70. The van der Waals surface area contributed by atoms with Gasteiger partial charge in [-0.15, -0.1) is 0 Å². The summed E-state index contributed by atoms with van der Waals surface area (Å²) < 4.78 is 0. The predicted molar refractivity (Wildman–Crippen MR) is 112 cm³/mol. The van der Waals surface area contributed by atoms with E-state index in [0.717, 1.165) is 27.4 Å². The van der Waals surface area contributed by atoms with E-state index in [9.17, 15) is 0 Å². The Balaban J connectivity index is 1.37. The lowest BCUT2D eigenvalue weighted by atomic mass is 10.1. The van der Waals surface area contributed by atoms with Crippen molar-refractivity contribution in [2.45, 2.75) is 24.8 Å². The van der Waals surface area contributed by atoms with Crippen LogP contribution < -0.4 is 21.3 Å². The quantitative estimate of drug-likeness (QED) is 0.509. The third kappa shape index (κ3) is 4.15. The normalized spacial score (nSPS) is 26.3. The number of benzene rings is 1. The fraction of sp³-hybridized carbons (Fsp3) is 0.200. The summed E-state index contributed by atoms with van der Waals surface area (Å²) >= 11 is 1.77. The molecule has 3 aliphatic rings. The second-order valence-corrected chi connectivity index (χ2v) is 7.58. The molecule has 0 saturated carbocycles. The van der Waals surface area contributed by atoms with Gasteiger partial charge in [0, 0.05) is 29.2 Å². The van der Waals surface area contributed by atoms with E-state index in [4.69, 9.17) is 5.41 Å². The molecule has 3 atom stereocenters. The fourth-order valence-corrected chi connectivity index (χ4v) is 4.10. The van der Waals surface area contributed by atoms with Crippen LogP contribution in [0.1, 0.15) is 23.4 Å². The molecular weight excluding hydrogens is 356 g/mol. The number of aliphatic imine (C=N–C) groups is 1. The van der Waals surface area contributed by atoms with Gasteiger partial charge in [0.1, 0.15) is 5.37 Å². The van der Waals surface area contributed by atoms with Crippen molar-refractivity contribution in [1.82, 2.24) is 21.3 Å². The van der Waals surface area contributed by atoms with Crippen molar-refractivity contribution in [1.29, 1.82) is 5.41 Å². The van der Waals surface area contributed by atoms with Gasteiger partial charge in [-0.25, -0.2) is 0 Å². The van der Waals surface area contributed by atoms with E-state index in [0.29, 0.717) is 0 Å². The Hall–Kier alpha value is -2.77. The smallest absolute Gasteiger partial charge is 0.175 e. The lowest BCUT2D eigenvalue weighted by Gasteiger charge is -2.28. The molecule has 0 aromatic heterocycles. The van der Waals surface area contributed by atoms with Crippen LogP contribution in [0.25, 0.3) is 0 Å². The Labute approximate surface area is 163 Å². The standard InChI is InChI=1S/C20H22N6S/c1-13-8-9-22-20(24-13)26-18-7-3-6-16(25-18)17-12-23-19(27-17)15-5-2-4-14(10-15)11-21/h2-12,18-21,23-26H,1H3. The molecule has 6 nitrogen and oxygen atoms in total. The summed E-state index contributed by atoms with van der Waals surface area (Å²) in [6.45, 7) is 2.02. The third-order valence-electron chi connectivity index (χ3n) is 4.40. The number of dihydropyridines is 1. The van der Waals surface area contributed by atoms with Crippen LogP contribution in [0.5, 0.6) is 0 Å². The number of rotatable bonds is 5. The van der Waals surface area contributed by atoms with Gasteiger partial charge in [-0.05, 0) is 42.3 Å². The van der Waals surface area contributed by atoms with Crippen molar-refractivity contribution in [3.8, 4) is 0 Å². The highest BCUT2D eigenvalue weighted by Crippen LogP contribution is 2.40. The highest BCUT2D eigenvalue weighted by Gasteiger charge is 2.24. The first-order chi connectivity index (χ1) is 13.2. The van der Waals surface area contributed by atoms with E-state index >= 15 is 0 Å². The van der Waals surface area contributed by atoms with Crippen LogP contribution in [-0.4, -0.2) is 24.9 Å². The summed E-state index contributed by atoms with van der Waals surface area (Å²) in [5.41, 5.74) is 4.24. The van der Waals surface area contributed by atoms with E-state index < -0.39 is 0 Å². The number of allylic oxidation sites excluding steroid dienone is 4. The zero-order valence-electron chi connectivity index (χ0n) is 14.9. The van der Waals surface area contributed by atoms with Crippen LogP contribution in [0.4, 0.5) is 0 Å². The van der Waals surface area contributed by atoms with E-state index in [1.807, 2.05) is 43.6 Å². The molecule has 3 unspecified atom stereocenters. The van der Waals surface area contributed by atoms with Crippen LogP contribution in [0.15, 0.2) is 76.1 Å². The molecule has 0 radical (unpaired) electrons. The molecule has 1 aromatic carbocycles. The minimum atomic E-state index is -0.142. The van der Waals surface area contributed by atoms with Gasteiger partial charge in [0.05, 0.1) is 11.9 Å². The largest absolute Gasteiger partial charge is 0.374 e. The zero-order chi connectivity index (χ0) is 18.6. The molecule has 4 rings (SSSR count). The molecule has 0 fully saturated rings. The number of thioether (sulfide) groups is 1. The highest BCUT2D eigenvalue weighted by atomic mass is 32.2. The van der Waals surface area contributed by atoms with Gasteiger partial charge in [-0.3, -0.25) is 10.3 Å². The zero-order valence-corrected chi connectivity index (χ0v) is 15.8. The second kappa shape index (κ2) is 7.85. The fourth-order valence-electron chi connectivity index (χ4n) is 3.04. The van der Waals surface area contributed by atoms with Crippen LogP contribution in [0.2, 0.25) is 0 Å². The molecule has 0 amide bonds. The second-order valence-electron chi connectivity index (χ2n) is 6.44. The minimum absolute atomic E-state index is 0.00709. The molecule has 3 aliphatic heterocycles. The Morgan fingerprint density at radius 3 is 3.04 bits per heavy atom. The molecule has 5 N–H and O–H groups in total. The topological polar surface area (TPSA) is 84.3 Å². The molecule has 27 heavy (non-hydrogen) atoms. The maximum absolute atomic E-state index is 7.43. The highest BCUT2D eigenvalue weighted by molar-refractivity contribution is 8.03. The molecule has 138 valence electrons. The molecule has 0 saturated heterocycles. The monoisotopic (exact) mass is 378 g/mol. The van der Waals surface area contributed by atoms with Crippen molar-refractivity contribution in [3.63, 3.8) is 0 Å². The van der Waals surface area contributed by atoms with Crippen LogP contribution in [0, 0.1) is 5.41 Å². The summed E-state index contributed by atoms with van der Waals surface area (Å²) in [5, 5.41) is 21.3. The first-order valence-electron chi connectivity index (χ1n) is 8.83. The lowest BCUT2D eigenvalue weighted by Crippen LogP contribution is -2.51. The number of nitrogens with one attached hydrogen (secondary N) is 5. The third-order valence-corrected chi connectivity index (χ3v) is 5.63. The molecule has 7 heteroatoms. The summed E-state index contributed by atoms with van der Waals surface area (Å²) in [5.74, 6) is 0. The van der Waals surface area contributed by atoms with Crippen LogP contribution in [-0.2, 0) is 0 Å². The van der Waals surface area contributed by atoms with Crippen molar-refractivity contribution in [2.75, 3.05) is 0 Å². The van der Waals surface area contributed by atoms with Gasteiger partial charge in [0.2, 0.25) is 0 Å². The maximum Gasteiger partial charge on any atom is 0.175 e.